The lowest BCUT2D eigenvalue weighted by atomic mass is 10.0. The highest BCUT2D eigenvalue weighted by Gasteiger charge is 2.11. The van der Waals surface area contributed by atoms with Gasteiger partial charge >= 0.3 is 16.1 Å². The molecule has 0 atom stereocenters. The van der Waals surface area contributed by atoms with Crippen molar-refractivity contribution in [1.82, 2.24) is 0 Å². The summed E-state index contributed by atoms with van der Waals surface area (Å²) in [6.07, 6.45) is 4.10. The number of rotatable bonds is 9. The molecule has 0 amide bonds. The lowest BCUT2D eigenvalue weighted by molar-refractivity contribution is -0.135. The number of aromatic hydroxyl groups is 1. The number of carboxylic acids is 1. The molecule has 8 heteroatoms. The van der Waals surface area contributed by atoms with Crippen LogP contribution in [-0.2, 0) is 32.5 Å². The number of hydrogen-bond donors (Lipinski definition) is 2. The summed E-state index contributed by atoms with van der Waals surface area (Å²) in [5.74, 6) is -1.07. The first-order valence-corrected chi connectivity index (χ1v) is 10.3. The summed E-state index contributed by atoms with van der Waals surface area (Å²) in [6, 6.07) is 11.8. The number of ether oxygens (including phenoxy) is 1. The Bertz CT molecular complexity index is 978. The lowest BCUT2D eigenvalue weighted by Crippen LogP contribution is -2.07. The van der Waals surface area contributed by atoms with Gasteiger partial charge in [-0.3, -0.25) is 0 Å². The van der Waals surface area contributed by atoms with Gasteiger partial charge in [0.15, 0.2) is 0 Å². The average molecular weight is 406 g/mol. The number of benzene rings is 2. The summed E-state index contributed by atoms with van der Waals surface area (Å²) in [5.41, 5.74) is 1.97. The van der Waals surface area contributed by atoms with Gasteiger partial charge in [0.2, 0.25) is 5.76 Å². The van der Waals surface area contributed by atoms with Gasteiger partial charge in [0.05, 0.1) is 13.4 Å². The maximum Gasteiger partial charge on any atom is 0.371 e. The molecule has 0 aliphatic heterocycles. The first-order chi connectivity index (χ1) is 13.2. The van der Waals surface area contributed by atoms with Crippen LogP contribution in [0.2, 0.25) is 0 Å². The monoisotopic (exact) mass is 406 g/mol. The minimum Gasteiger partial charge on any atom is -0.508 e. The number of phenolic OH excluding ortho intramolecular Hbond substituents is 1. The molecule has 2 rings (SSSR count). The third-order valence-corrected chi connectivity index (χ3v) is 4.43. The van der Waals surface area contributed by atoms with Crippen molar-refractivity contribution in [3.8, 4) is 11.5 Å². The standard InChI is InChI=1S/C20H22O7S/c1-26-19(20(22)23)13-14-10-11-15(17(21)12-14)7-5-8-16-6-3-4-9-18(16)27-28(2,24)25/h3-4,6,9-13,21H,5,7-8H2,1-2H3,(H,22,23). The molecule has 0 aliphatic rings. The first-order valence-electron chi connectivity index (χ1n) is 8.48. The van der Waals surface area contributed by atoms with Gasteiger partial charge in [0, 0.05) is 0 Å². The van der Waals surface area contributed by atoms with Crippen LogP contribution >= 0.6 is 0 Å². The first kappa shape index (κ1) is 21.3. The van der Waals surface area contributed by atoms with E-state index in [2.05, 4.69) is 0 Å². The fraction of sp³-hybridized carbons (Fsp3) is 0.250. The van der Waals surface area contributed by atoms with E-state index in [0.717, 1.165) is 11.8 Å². The molecule has 0 aromatic heterocycles. The fourth-order valence-corrected chi connectivity index (χ4v) is 3.15. The van der Waals surface area contributed by atoms with Crippen LogP contribution in [0.4, 0.5) is 0 Å². The van der Waals surface area contributed by atoms with Crippen molar-refractivity contribution in [2.24, 2.45) is 0 Å². The van der Waals surface area contributed by atoms with E-state index in [9.17, 15) is 18.3 Å². The second kappa shape index (κ2) is 9.27. The minimum atomic E-state index is -3.60. The van der Waals surface area contributed by atoms with Gasteiger partial charge in [-0.2, -0.15) is 8.42 Å². The molecule has 0 aliphatic carbocycles. The summed E-state index contributed by atoms with van der Waals surface area (Å²) >= 11 is 0. The second-order valence-electron chi connectivity index (χ2n) is 6.15. The van der Waals surface area contributed by atoms with Crippen molar-refractivity contribution in [3.63, 3.8) is 0 Å². The molecule has 0 saturated carbocycles. The molecule has 2 aromatic rings. The summed E-state index contributed by atoms with van der Waals surface area (Å²) in [4.78, 5) is 11.0. The Morgan fingerprint density at radius 3 is 2.39 bits per heavy atom. The van der Waals surface area contributed by atoms with Gasteiger partial charge in [-0.05, 0) is 54.2 Å². The minimum absolute atomic E-state index is 0.0512. The third-order valence-electron chi connectivity index (χ3n) is 3.94. The summed E-state index contributed by atoms with van der Waals surface area (Å²) in [7, 11) is -2.34. The van der Waals surface area contributed by atoms with E-state index in [4.69, 9.17) is 14.0 Å². The molecule has 150 valence electrons. The Morgan fingerprint density at radius 1 is 1.11 bits per heavy atom. The van der Waals surface area contributed by atoms with Crippen molar-refractivity contribution in [2.45, 2.75) is 19.3 Å². The van der Waals surface area contributed by atoms with Gasteiger partial charge in [-0.15, -0.1) is 0 Å². The topological polar surface area (TPSA) is 110 Å². The number of aliphatic carboxylic acids is 1. The number of methoxy groups -OCH3 is 1. The zero-order chi connectivity index (χ0) is 20.7. The van der Waals surface area contributed by atoms with Crippen molar-refractivity contribution in [2.75, 3.05) is 13.4 Å². The molecule has 0 fully saturated rings. The maximum atomic E-state index is 11.4. The number of phenols is 1. The van der Waals surface area contributed by atoms with Gasteiger partial charge in [0.1, 0.15) is 11.5 Å². The van der Waals surface area contributed by atoms with E-state index in [1.807, 2.05) is 0 Å². The predicted octanol–water partition coefficient (Wildman–Crippen LogP) is 2.98. The van der Waals surface area contributed by atoms with Gasteiger partial charge in [-0.25, -0.2) is 4.79 Å². The Morgan fingerprint density at radius 2 is 1.79 bits per heavy atom. The van der Waals surface area contributed by atoms with Crippen LogP contribution in [0, 0.1) is 0 Å². The summed E-state index contributed by atoms with van der Waals surface area (Å²) in [6.45, 7) is 0. The zero-order valence-electron chi connectivity index (χ0n) is 15.6. The zero-order valence-corrected chi connectivity index (χ0v) is 16.4. The van der Waals surface area contributed by atoms with Crippen LogP contribution < -0.4 is 4.18 Å². The van der Waals surface area contributed by atoms with Crippen LogP contribution in [0.25, 0.3) is 6.08 Å². The summed E-state index contributed by atoms with van der Waals surface area (Å²) in [5, 5.41) is 19.2. The Balaban J connectivity index is 2.06. The number of carboxylic acid groups (broad SMARTS) is 1. The largest absolute Gasteiger partial charge is 0.508 e. The highest BCUT2D eigenvalue weighted by molar-refractivity contribution is 7.86. The maximum absolute atomic E-state index is 11.4. The number of para-hydroxylation sites is 1. The van der Waals surface area contributed by atoms with E-state index in [0.29, 0.717) is 36.1 Å². The quantitative estimate of drug-likeness (QED) is 0.374. The molecule has 2 N–H and O–H groups in total. The lowest BCUT2D eigenvalue weighted by Gasteiger charge is -2.10. The molecular formula is C20H22O7S. The Labute approximate surface area is 164 Å². The van der Waals surface area contributed by atoms with Gasteiger partial charge in [0.25, 0.3) is 0 Å². The number of carbonyl (C=O) groups is 1. The highest BCUT2D eigenvalue weighted by atomic mass is 32.2. The normalized spacial score (nSPS) is 11.9. The third kappa shape index (κ3) is 6.31. The molecule has 0 heterocycles. The Kier molecular flexibility index (Phi) is 7.06. The average Bonchev–Trinajstić information content (AvgIpc) is 2.61. The fourth-order valence-electron chi connectivity index (χ4n) is 2.67. The van der Waals surface area contributed by atoms with Crippen LogP contribution in [0.3, 0.4) is 0 Å². The van der Waals surface area contributed by atoms with E-state index >= 15 is 0 Å². The van der Waals surface area contributed by atoms with E-state index in [-0.39, 0.29) is 11.5 Å². The van der Waals surface area contributed by atoms with E-state index in [1.54, 1.807) is 36.4 Å². The number of aryl methyl sites for hydroxylation is 2. The van der Waals surface area contributed by atoms with Gasteiger partial charge in [-0.1, -0.05) is 30.3 Å². The van der Waals surface area contributed by atoms with Crippen molar-refractivity contribution in [3.05, 3.63) is 64.9 Å². The van der Waals surface area contributed by atoms with Crippen LogP contribution in [-0.4, -0.2) is 38.0 Å². The summed E-state index contributed by atoms with van der Waals surface area (Å²) < 4.78 is 32.5. The molecule has 0 radical (unpaired) electrons. The van der Waals surface area contributed by atoms with Gasteiger partial charge < -0.3 is 19.1 Å². The van der Waals surface area contributed by atoms with Crippen LogP contribution in [0.1, 0.15) is 23.1 Å². The molecule has 7 nitrogen and oxygen atoms in total. The van der Waals surface area contributed by atoms with Crippen LogP contribution in [0.15, 0.2) is 48.2 Å². The van der Waals surface area contributed by atoms with Crippen LogP contribution in [0.5, 0.6) is 11.5 Å². The predicted molar refractivity (Wildman–Crippen MR) is 105 cm³/mol. The van der Waals surface area contributed by atoms with Crippen molar-refractivity contribution < 1.29 is 32.3 Å². The molecule has 0 spiro atoms. The van der Waals surface area contributed by atoms with Crippen molar-refractivity contribution >= 4 is 22.2 Å². The SMILES string of the molecule is COC(=Cc1ccc(CCCc2ccccc2OS(C)(=O)=O)c(O)c1)C(=O)O. The Hall–Kier alpha value is -3.00. The van der Waals surface area contributed by atoms with E-state index < -0.39 is 16.1 Å². The smallest absolute Gasteiger partial charge is 0.371 e. The number of hydrogen-bond acceptors (Lipinski definition) is 6. The molecule has 2 aromatic carbocycles. The molecule has 0 saturated heterocycles. The molecular weight excluding hydrogens is 384 g/mol. The van der Waals surface area contributed by atoms with Crippen molar-refractivity contribution in [1.29, 1.82) is 0 Å². The second-order valence-corrected chi connectivity index (χ2v) is 7.73. The molecule has 0 bridgehead atoms. The molecule has 0 unspecified atom stereocenters. The molecule has 28 heavy (non-hydrogen) atoms. The van der Waals surface area contributed by atoms with E-state index in [1.165, 1.54) is 19.3 Å². The highest BCUT2D eigenvalue weighted by Crippen LogP contribution is 2.25.